The van der Waals surface area contributed by atoms with E-state index in [-0.39, 0.29) is 43.8 Å². The average molecular weight is 680 g/mol. The molecular formula is C30H31ClF3N4O5SSi. The predicted octanol–water partition coefficient (Wildman–Crippen LogP) is 3.77. The third-order valence-corrected chi connectivity index (χ3v) is 9.43. The van der Waals surface area contributed by atoms with Gasteiger partial charge in [0.15, 0.2) is 0 Å². The molecule has 1 N–H and O–H groups in total. The molecule has 15 heteroatoms. The maximum absolute atomic E-state index is 13.1. The predicted molar refractivity (Wildman–Crippen MR) is 169 cm³/mol. The van der Waals surface area contributed by atoms with Gasteiger partial charge in [0.2, 0.25) is 11.0 Å². The lowest BCUT2D eigenvalue weighted by atomic mass is 9.87. The summed E-state index contributed by atoms with van der Waals surface area (Å²) in [7, 11) is -1.51. The van der Waals surface area contributed by atoms with Crippen LogP contribution in [-0.2, 0) is 14.6 Å². The van der Waals surface area contributed by atoms with Crippen molar-refractivity contribution in [2.75, 3.05) is 32.6 Å². The standard InChI is InChI=1S/C30H31ClF3N4O5SSi/c1-29(2,3)19-10-12-21(13-11-19)45(20-8-6-5-7-9-20)42-17-15-35-14-16-41-25-24-22(18-23(31)37-25)36-28(44-4)38(26(24)39)43-27(40)30(32,33)34/h5-13,18,35H,14-17H2,1-4H3. The Morgan fingerprint density at radius 2 is 1.64 bits per heavy atom. The minimum atomic E-state index is -5.32. The minimum Gasteiger partial charge on any atom is -0.476 e. The van der Waals surface area contributed by atoms with Crippen molar-refractivity contribution >= 4 is 59.6 Å². The molecule has 0 amide bonds. The molecule has 0 saturated heterocycles. The van der Waals surface area contributed by atoms with Crippen LogP contribution in [0.15, 0.2) is 70.6 Å². The van der Waals surface area contributed by atoms with Crippen molar-refractivity contribution in [3.05, 3.63) is 81.7 Å². The first kappa shape index (κ1) is 34.4. The molecular weight excluding hydrogens is 649 g/mol. The van der Waals surface area contributed by atoms with Crippen molar-refractivity contribution in [1.29, 1.82) is 0 Å². The van der Waals surface area contributed by atoms with E-state index >= 15 is 0 Å². The van der Waals surface area contributed by atoms with Crippen LogP contribution in [-0.4, -0.2) is 68.4 Å². The first-order chi connectivity index (χ1) is 21.3. The van der Waals surface area contributed by atoms with Crippen molar-refractivity contribution in [3.63, 3.8) is 0 Å². The van der Waals surface area contributed by atoms with Crippen molar-refractivity contribution in [2.24, 2.45) is 0 Å². The average Bonchev–Trinajstić information content (AvgIpc) is 2.99. The van der Waals surface area contributed by atoms with Crippen molar-refractivity contribution in [3.8, 4) is 5.88 Å². The van der Waals surface area contributed by atoms with E-state index in [4.69, 9.17) is 20.8 Å². The monoisotopic (exact) mass is 679 g/mol. The molecule has 2 heterocycles. The molecule has 0 spiro atoms. The number of aromatic nitrogens is 3. The largest absolute Gasteiger partial charge is 0.493 e. The summed E-state index contributed by atoms with van der Waals surface area (Å²) in [6, 6.07) is 19.9. The molecule has 45 heavy (non-hydrogen) atoms. The molecule has 0 saturated carbocycles. The van der Waals surface area contributed by atoms with Crippen LogP contribution in [0.1, 0.15) is 26.3 Å². The van der Waals surface area contributed by atoms with Crippen LogP contribution >= 0.6 is 23.4 Å². The first-order valence-corrected chi connectivity index (χ1v) is 16.8. The van der Waals surface area contributed by atoms with Gasteiger partial charge in [0.1, 0.15) is 17.1 Å². The number of alkyl halides is 3. The Bertz CT molecular complexity index is 1690. The molecule has 4 rings (SSSR count). The molecule has 1 radical (unpaired) electrons. The van der Waals surface area contributed by atoms with Crippen molar-refractivity contribution < 1.29 is 32.0 Å². The number of hydrogen-bond acceptors (Lipinski definition) is 9. The Labute approximate surface area is 268 Å². The van der Waals surface area contributed by atoms with Crippen LogP contribution in [0.4, 0.5) is 13.2 Å². The molecule has 0 fully saturated rings. The van der Waals surface area contributed by atoms with E-state index in [9.17, 15) is 22.8 Å². The van der Waals surface area contributed by atoms with Gasteiger partial charge in [-0.05, 0) is 27.6 Å². The summed E-state index contributed by atoms with van der Waals surface area (Å²) < 4.78 is 50.7. The lowest BCUT2D eigenvalue weighted by molar-refractivity contribution is -0.201. The Balaban J connectivity index is 1.40. The zero-order valence-electron chi connectivity index (χ0n) is 24.9. The van der Waals surface area contributed by atoms with E-state index in [1.54, 1.807) is 0 Å². The van der Waals surface area contributed by atoms with Crippen molar-refractivity contribution in [1.82, 2.24) is 20.0 Å². The first-order valence-electron chi connectivity index (χ1n) is 13.8. The molecule has 0 aliphatic heterocycles. The Kier molecular flexibility index (Phi) is 11.3. The van der Waals surface area contributed by atoms with Gasteiger partial charge in [0.05, 0.1) is 5.52 Å². The highest BCUT2D eigenvalue weighted by Crippen LogP contribution is 2.25. The lowest BCUT2D eigenvalue weighted by Gasteiger charge is -2.21. The normalized spacial score (nSPS) is 12.1. The van der Waals surface area contributed by atoms with Gasteiger partial charge in [-0.1, -0.05) is 98.7 Å². The highest BCUT2D eigenvalue weighted by Gasteiger charge is 2.42. The minimum absolute atomic E-state index is 0.0196. The molecule has 239 valence electrons. The molecule has 0 atom stereocenters. The number of benzene rings is 2. The van der Waals surface area contributed by atoms with Crippen LogP contribution in [0, 0.1) is 0 Å². The van der Waals surface area contributed by atoms with Gasteiger partial charge < -0.3 is 19.3 Å². The van der Waals surface area contributed by atoms with E-state index in [1.807, 2.05) is 18.2 Å². The SMILES string of the molecule is CSc1nc2cc(Cl)nc(OCCNCCO[Si](c3ccccc3)c3ccc(C(C)(C)C)cc3)c2c(=O)n1OC(=O)C(F)(F)F. The second-order valence-corrected chi connectivity index (χ2v) is 14.0. The van der Waals surface area contributed by atoms with E-state index in [0.29, 0.717) is 19.7 Å². The van der Waals surface area contributed by atoms with Gasteiger partial charge in [-0.2, -0.15) is 13.2 Å². The molecule has 9 nitrogen and oxygen atoms in total. The summed E-state index contributed by atoms with van der Waals surface area (Å²) >= 11 is 6.89. The number of rotatable bonds is 12. The van der Waals surface area contributed by atoms with Crippen molar-refractivity contribution in [2.45, 2.75) is 37.5 Å². The third-order valence-electron chi connectivity index (χ3n) is 6.40. The summed E-state index contributed by atoms with van der Waals surface area (Å²) in [6.07, 6.45) is -3.87. The number of nitrogens with one attached hydrogen (secondary N) is 1. The van der Waals surface area contributed by atoms with Gasteiger partial charge in [0.25, 0.3) is 9.04 Å². The molecule has 0 unspecified atom stereocenters. The second-order valence-electron chi connectivity index (χ2n) is 10.7. The number of carbonyl (C=O) groups excluding carboxylic acids is 1. The molecule has 0 bridgehead atoms. The zero-order chi connectivity index (χ0) is 32.8. The van der Waals surface area contributed by atoms with Crippen LogP contribution in [0.3, 0.4) is 0 Å². The number of carbonyl (C=O) groups is 1. The van der Waals surface area contributed by atoms with Gasteiger partial charge >= 0.3 is 17.7 Å². The Hall–Kier alpha value is -3.43. The van der Waals surface area contributed by atoms with E-state index in [2.05, 4.69) is 77.3 Å². The van der Waals surface area contributed by atoms with E-state index in [1.165, 1.54) is 17.9 Å². The number of thioether (sulfide) groups is 1. The second kappa shape index (κ2) is 14.8. The van der Waals surface area contributed by atoms with Crippen LogP contribution in [0.2, 0.25) is 5.15 Å². The molecule has 4 aromatic rings. The quantitative estimate of drug-likeness (QED) is 0.0788. The van der Waals surface area contributed by atoms with Crippen LogP contribution < -0.4 is 30.8 Å². The number of fused-ring (bicyclic) bond motifs is 1. The summed E-state index contributed by atoms with van der Waals surface area (Å²) in [5.41, 5.74) is 0.202. The van der Waals surface area contributed by atoms with Gasteiger partial charge in [-0.15, -0.1) is 4.73 Å². The fraction of sp³-hybridized carbons (Fsp3) is 0.333. The smallest absolute Gasteiger partial charge is 0.476 e. The molecule has 0 aliphatic carbocycles. The number of ether oxygens (including phenoxy) is 1. The van der Waals surface area contributed by atoms with E-state index in [0.717, 1.165) is 22.1 Å². The topological polar surface area (TPSA) is 105 Å². The Morgan fingerprint density at radius 1 is 1.00 bits per heavy atom. The maximum atomic E-state index is 13.1. The highest BCUT2D eigenvalue weighted by atomic mass is 35.5. The summed E-state index contributed by atoms with van der Waals surface area (Å²) in [5, 5.41) is 4.83. The van der Waals surface area contributed by atoms with E-state index < -0.39 is 26.7 Å². The fourth-order valence-electron chi connectivity index (χ4n) is 4.17. The summed E-state index contributed by atoms with van der Waals surface area (Å²) in [6.45, 7) is 7.77. The van der Waals surface area contributed by atoms with Gasteiger partial charge in [0, 0.05) is 25.8 Å². The highest BCUT2D eigenvalue weighted by molar-refractivity contribution is 7.98. The lowest BCUT2D eigenvalue weighted by Crippen LogP contribution is -2.46. The molecule has 2 aromatic carbocycles. The summed E-state index contributed by atoms with van der Waals surface area (Å²) in [5.74, 6) is -2.83. The number of nitrogens with zero attached hydrogens (tertiary/aromatic N) is 3. The van der Waals surface area contributed by atoms with Gasteiger partial charge in [-0.3, -0.25) is 4.79 Å². The maximum Gasteiger partial charge on any atom is 0.493 e. The third kappa shape index (κ3) is 8.85. The number of pyridine rings is 1. The molecule has 0 aliphatic rings. The molecule has 2 aromatic heterocycles. The number of halogens is 4. The van der Waals surface area contributed by atoms with Crippen LogP contribution in [0.25, 0.3) is 10.9 Å². The fourth-order valence-corrected chi connectivity index (χ4v) is 6.76. The summed E-state index contributed by atoms with van der Waals surface area (Å²) in [4.78, 5) is 37.0. The number of hydrogen-bond donors (Lipinski definition) is 1. The van der Waals surface area contributed by atoms with Crippen LogP contribution in [0.5, 0.6) is 5.88 Å². The van der Waals surface area contributed by atoms with Gasteiger partial charge in [-0.25, -0.2) is 14.8 Å². The Morgan fingerprint density at radius 3 is 2.27 bits per heavy atom. The zero-order valence-corrected chi connectivity index (χ0v) is 27.5.